The molecule has 2 atom stereocenters. The van der Waals surface area contributed by atoms with Crippen molar-refractivity contribution in [1.29, 1.82) is 5.41 Å². The summed E-state index contributed by atoms with van der Waals surface area (Å²) >= 11 is 0. The number of nitrogens with one attached hydrogen (secondary N) is 1. The zero-order valence-electron chi connectivity index (χ0n) is 5.43. The Hall–Kier alpha value is -0.570. The Balaban J connectivity index is 2.49. The molecule has 0 aromatic heterocycles. The molecule has 0 aliphatic heterocycles. The predicted octanol–water partition coefficient (Wildman–Crippen LogP) is 0.0498. The van der Waals surface area contributed by atoms with E-state index in [0.29, 0.717) is 0 Å². The lowest BCUT2D eigenvalue weighted by atomic mass is 10.0. The van der Waals surface area contributed by atoms with Gasteiger partial charge in [-0.2, -0.15) is 0 Å². The summed E-state index contributed by atoms with van der Waals surface area (Å²) in [6, 6.07) is 0.155. The number of nitrogens with two attached hydrogens (primary N) is 2. The third kappa shape index (κ3) is 1.21. The van der Waals surface area contributed by atoms with E-state index in [1.165, 1.54) is 0 Å². The minimum Gasteiger partial charge on any atom is -0.387 e. The van der Waals surface area contributed by atoms with Crippen molar-refractivity contribution in [2.75, 3.05) is 0 Å². The molecule has 0 radical (unpaired) electrons. The Morgan fingerprint density at radius 3 is 2.33 bits per heavy atom. The van der Waals surface area contributed by atoms with E-state index in [2.05, 4.69) is 0 Å². The van der Waals surface area contributed by atoms with Crippen LogP contribution in [0, 0.1) is 11.3 Å². The number of hydrogen-bond donors (Lipinski definition) is 3. The van der Waals surface area contributed by atoms with Crippen molar-refractivity contribution in [3.05, 3.63) is 0 Å². The van der Waals surface area contributed by atoms with Crippen molar-refractivity contribution < 1.29 is 0 Å². The molecule has 0 unspecified atom stereocenters. The van der Waals surface area contributed by atoms with Gasteiger partial charge in [-0.05, 0) is 12.8 Å². The van der Waals surface area contributed by atoms with Crippen molar-refractivity contribution in [1.82, 2.24) is 0 Å². The lowest BCUT2D eigenvalue weighted by Crippen LogP contribution is -2.34. The molecular weight excluding hydrogens is 114 g/mol. The van der Waals surface area contributed by atoms with Crippen LogP contribution in [-0.2, 0) is 0 Å². The molecule has 0 aromatic carbocycles. The summed E-state index contributed by atoms with van der Waals surface area (Å²) in [5.41, 5.74) is 11.0. The highest BCUT2D eigenvalue weighted by atomic mass is 14.8. The molecule has 9 heavy (non-hydrogen) atoms. The Labute approximate surface area is 54.9 Å². The molecule has 5 N–H and O–H groups in total. The molecular formula is C6H13N3. The summed E-state index contributed by atoms with van der Waals surface area (Å²) < 4.78 is 0. The van der Waals surface area contributed by atoms with Gasteiger partial charge in [0.25, 0.3) is 0 Å². The van der Waals surface area contributed by atoms with Gasteiger partial charge >= 0.3 is 0 Å². The molecule has 0 spiro atoms. The summed E-state index contributed by atoms with van der Waals surface area (Å²) in [5.74, 6) is 0.435. The van der Waals surface area contributed by atoms with E-state index < -0.39 is 0 Å². The van der Waals surface area contributed by atoms with Crippen molar-refractivity contribution in [3.8, 4) is 0 Å². The number of hydrogen-bond acceptors (Lipinski definition) is 2. The van der Waals surface area contributed by atoms with Gasteiger partial charge in [0.2, 0.25) is 0 Å². The molecule has 0 heterocycles. The van der Waals surface area contributed by atoms with Gasteiger partial charge in [-0.1, -0.05) is 6.42 Å². The van der Waals surface area contributed by atoms with Crippen LogP contribution in [0.3, 0.4) is 0 Å². The first kappa shape index (κ1) is 6.55. The zero-order chi connectivity index (χ0) is 6.85. The zero-order valence-corrected chi connectivity index (χ0v) is 5.43. The van der Waals surface area contributed by atoms with Gasteiger partial charge in [0.15, 0.2) is 0 Å². The van der Waals surface area contributed by atoms with Crippen molar-refractivity contribution in [2.45, 2.75) is 25.3 Å². The molecule has 0 amide bonds. The monoisotopic (exact) mass is 127 g/mol. The molecule has 0 bridgehead atoms. The van der Waals surface area contributed by atoms with Gasteiger partial charge in [-0.3, -0.25) is 5.41 Å². The second kappa shape index (κ2) is 2.35. The van der Waals surface area contributed by atoms with E-state index in [-0.39, 0.29) is 17.8 Å². The van der Waals surface area contributed by atoms with Crippen LogP contribution in [0.25, 0.3) is 0 Å². The smallest absolute Gasteiger partial charge is 0.0952 e. The first-order valence-corrected chi connectivity index (χ1v) is 3.31. The maximum atomic E-state index is 7.12. The molecule has 3 heteroatoms. The van der Waals surface area contributed by atoms with E-state index >= 15 is 0 Å². The van der Waals surface area contributed by atoms with Crippen LogP contribution < -0.4 is 11.5 Å². The van der Waals surface area contributed by atoms with Gasteiger partial charge in [0, 0.05) is 12.0 Å². The number of amidine groups is 1. The fourth-order valence-electron chi connectivity index (χ4n) is 1.37. The first-order chi connectivity index (χ1) is 4.22. The van der Waals surface area contributed by atoms with Gasteiger partial charge in [0.05, 0.1) is 5.84 Å². The standard InChI is InChI=1S/C6H13N3/c7-5-3-1-2-4(5)6(8)9/h4-5H,1-3,7H2,(H3,8,9)/t4-,5+/m1/s1. The highest BCUT2D eigenvalue weighted by Gasteiger charge is 2.25. The van der Waals surface area contributed by atoms with Gasteiger partial charge in [-0.25, -0.2) is 0 Å². The van der Waals surface area contributed by atoms with E-state index in [4.69, 9.17) is 16.9 Å². The Morgan fingerprint density at radius 1 is 1.44 bits per heavy atom. The Kier molecular flexibility index (Phi) is 1.71. The second-order valence-electron chi connectivity index (χ2n) is 2.66. The average Bonchev–Trinajstić information content (AvgIpc) is 2.13. The summed E-state index contributed by atoms with van der Waals surface area (Å²) in [4.78, 5) is 0. The molecule has 1 fully saturated rings. The molecule has 52 valence electrons. The minimum absolute atomic E-state index is 0.155. The molecule has 1 saturated carbocycles. The summed E-state index contributed by atoms with van der Waals surface area (Å²) in [6.07, 6.45) is 3.17. The fraction of sp³-hybridized carbons (Fsp3) is 0.833. The molecule has 1 aliphatic rings. The lowest BCUT2D eigenvalue weighted by molar-refractivity contribution is 0.606. The van der Waals surface area contributed by atoms with E-state index in [0.717, 1.165) is 19.3 Å². The van der Waals surface area contributed by atoms with Crippen molar-refractivity contribution in [3.63, 3.8) is 0 Å². The normalized spacial score (nSPS) is 34.8. The highest BCUT2D eigenvalue weighted by molar-refractivity contribution is 5.80. The Bertz CT molecular complexity index is 121. The van der Waals surface area contributed by atoms with Crippen LogP contribution in [0.4, 0.5) is 0 Å². The first-order valence-electron chi connectivity index (χ1n) is 3.31. The average molecular weight is 127 g/mol. The van der Waals surface area contributed by atoms with Crippen molar-refractivity contribution >= 4 is 5.84 Å². The van der Waals surface area contributed by atoms with Gasteiger partial charge in [-0.15, -0.1) is 0 Å². The third-order valence-electron chi connectivity index (χ3n) is 1.97. The minimum atomic E-state index is 0.155. The van der Waals surface area contributed by atoms with Crippen LogP contribution >= 0.6 is 0 Å². The molecule has 3 nitrogen and oxygen atoms in total. The molecule has 1 aliphatic carbocycles. The lowest BCUT2D eigenvalue weighted by Gasteiger charge is -2.11. The van der Waals surface area contributed by atoms with E-state index in [1.807, 2.05) is 0 Å². The topological polar surface area (TPSA) is 75.9 Å². The van der Waals surface area contributed by atoms with Crippen molar-refractivity contribution in [2.24, 2.45) is 17.4 Å². The van der Waals surface area contributed by atoms with Crippen LogP contribution in [0.15, 0.2) is 0 Å². The van der Waals surface area contributed by atoms with Crippen LogP contribution in [0.1, 0.15) is 19.3 Å². The third-order valence-corrected chi connectivity index (χ3v) is 1.97. The maximum Gasteiger partial charge on any atom is 0.0952 e. The summed E-state index contributed by atoms with van der Waals surface area (Å²) in [5, 5.41) is 7.12. The molecule has 0 saturated heterocycles. The SMILES string of the molecule is N=C(N)[C@@H]1CCC[C@@H]1N. The molecule has 1 rings (SSSR count). The summed E-state index contributed by atoms with van der Waals surface area (Å²) in [6.45, 7) is 0. The molecule has 0 aromatic rings. The fourth-order valence-corrected chi connectivity index (χ4v) is 1.37. The highest BCUT2D eigenvalue weighted by Crippen LogP contribution is 2.23. The van der Waals surface area contributed by atoms with Gasteiger partial charge in [0.1, 0.15) is 0 Å². The quantitative estimate of drug-likeness (QED) is 0.344. The predicted molar refractivity (Wildman–Crippen MR) is 37.2 cm³/mol. The van der Waals surface area contributed by atoms with Crippen LogP contribution in [-0.4, -0.2) is 11.9 Å². The number of rotatable bonds is 1. The second-order valence-corrected chi connectivity index (χ2v) is 2.66. The van der Waals surface area contributed by atoms with E-state index in [1.54, 1.807) is 0 Å². The summed E-state index contributed by atoms with van der Waals surface area (Å²) in [7, 11) is 0. The van der Waals surface area contributed by atoms with Crippen LogP contribution in [0.2, 0.25) is 0 Å². The maximum absolute atomic E-state index is 7.12. The van der Waals surface area contributed by atoms with Crippen LogP contribution in [0.5, 0.6) is 0 Å². The largest absolute Gasteiger partial charge is 0.387 e. The van der Waals surface area contributed by atoms with E-state index in [9.17, 15) is 0 Å². The Morgan fingerprint density at radius 2 is 2.11 bits per heavy atom. The van der Waals surface area contributed by atoms with Gasteiger partial charge < -0.3 is 11.5 Å².